The number of ether oxygens (including phenoxy) is 1. The Bertz CT molecular complexity index is 819. The topological polar surface area (TPSA) is 83.7 Å². The highest BCUT2D eigenvalue weighted by Crippen LogP contribution is 2.29. The molecule has 4 rings (SSSR count). The molecule has 1 aliphatic heterocycles. The van der Waals surface area contributed by atoms with Gasteiger partial charge in [-0.15, -0.1) is 5.10 Å². The zero-order valence-corrected chi connectivity index (χ0v) is 16.4. The lowest BCUT2D eigenvalue weighted by molar-refractivity contribution is -0.0232. The molecule has 0 unspecified atom stereocenters. The van der Waals surface area contributed by atoms with Gasteiger partial charge in [-0.25, -0.2) is 9.67 Å². The van der Waals surface area contributed by atoms with Gasteiger partial charge in [0.05, 0.1) is 31.0 Å². The molecule has 28 heavy (non-hydrogen) atoms. The molecule has 2 heterocycles. The minimum Gasteiger partial charge on any atom is -0.389 e. The molecule has 0 radical (unpaired) electrons. The van der Waals surface area contributed by atoms with Crippen LogP contribution in [0.2, 0.25) is 0 Å². The molecule has 8 heteroatoms. The molecule has 0 spiro atoms. The van der Waals surface area contributed by atoms with Crippen molar-refractivity contribution in [1.29, 1.82) is 0 Å². The van der Waals surface area contributed by atoms with E-state index in [4.69, 9.17) is 4.74 Å². The van der Waals surface area contributed by atoms with E-state index in [1.165, 1.54) is 0 Å². The van der Waals surface area contributed by atoms with Crippen LogP contribution in [0, 0.1) is 6.92 Å². The maximum absolute atomic E-state index is 13.0. The van der Waals surface area contributed by atoms with Gasteiger partial charge in [0.15, 0.2) is 0 Å². The van der Waals surface area contributed by atoms with Gasteiger partial charge in [0.1, 0.15) is 5.82 Å². The summed E-state index contributed by atoms with van der Waals surface area (Å²) >= 11 is 0. The summed E-state index contributed by atoms with van der Waals surface area (Å²) in [6, 6.07) is 9.46. The van der Waals surface area contributed by atoms with Crippen molar-refractivity contribution in [2.45, 2.75) is 38.0 Å². The molecule has 150 valence electrons. The molecule has 0 bridgehead atoms. The highest BCUT2D eigenvalue weighted by molar-refractivity contribution is 5.90. The minimum absolute atomic E-state index is 0.0701. The summed E-state index contributed by atoms with van der Waals surface area (Å²) in [4.78, 5) is 21.2. The van der Waals surface area contributed by atoms with Gasteiger partial charge < -0.3 is 14.7 Å². The van der Waals surface area contributed by atoms with Crippen LogP contribution in [-0.4, -0.2) is 87.1 Å². The lowest BCUT2D eigenvalue weighted by Crippen LogP contribution is -2.51. The Morgan fingerprint density at radius 1 is 1.21 bits per heavy atom. The highest BCUT2D eigenvalue weighted by Gasteiger charge is 2.42. The molecule has 1 N–H and O–H groups in total. The van der Waals surface area contributed by atoms with Gasteiger partial charge in [0.25, 0.3) is 5.91 Å². The number of hydrogen-bond acceptors (Lipinski definition) is 6. The molecule has 2 aliphatic rings. The van der Waals surface area contributed by atoms with Crippen molar-refractivity contribution in [3.8, 4) is 5.69 Å². The fraction of sp³-hybridized carbons (Fsp3) is 0.550. The van der Waals surface area contributed by atoms with Crippen LogP contribution in [0.4, 0.5) is 0 Å². The summed E-state index contributed by atoms with van der Waals surface area (Å²) in [7, 11) is 1.73. The summed E-state index contributed by atoms with van der Waals surface area (Å²) in [5, 5.41) is 15.3. The van der Waals surface area contributed by atoms with E-state index in [1.807, 2.05) is 37.3 Å². The van der Waals surface area contributed by atoms with E-state index in [9.17, 15) is 9.90 Å². The monoisotopic (exact) mass is 385 g/mol. The zero-order chi connectivity index (χ0) is 19.7. The smallest absolute Gasteiger partial charge is 0.293 e. The fourth-order valence-electron chi connectivity index (χ4n) is 4.27. The van der Waals surface area contributed by atoms with Crippen LogP contribution >= 0.6 is 0 Å². The van der Waals surface area contributed by atoms with Gasteiger partial charge in [-0.2, -0.15) is 0 Å². The average Bonchev–Trinajstić information content (AvgIpc) is 3.31. The fourth-order valence-corrected chi connectivity index (χ4v) is 4.27. The van der Waals surface area contributed by atoms with Crippen LogP contribution in [0.25, 0.3) is 5.69 Å². The van der Waals surface area contributed by atoms with Crippen molar-refractivity contribution in [3.05, 3.63) is 42.0 Å². The summed E-state index contributed by atoms with van der Waals surface area (Å²) < 4.78 is 7.08. The normalized spacial score (nSPS) is 25.8. The third kappa shape index (κ3) is 3.55. The Labute approximate surface area is 164 Å². The molecule has 3 atom stereocenters. The number of morpholine rings is 1. The number of aliphatic hydroxyl groups is 1. The lowest BCUT2D eigenvalue weighted by atomic mass is 10.1. The molecule has 1 aromatic heterocycles. The van der Waals surface area contributed by atoms with Crippen molar-refractivity contribution in [2.75, 3.05) is 33.4 Å². The largest absolute Gasteiger partial charge is 0.389 e. The molecule has 1 saturated carbocycles. The first kappa shape index (κ1) is 19.0. The number of aromatic nitrogens is 3. The SMILES string of the molecule is Cc1nc(C(=O)N(C)[C@@H]2CC[C@@H](N3CCOCC3)[C@@H]2O)nn1-c1ccccc1. The Balaban J connectivity index is 1.48. The van der Waals surface area contributed by atoms with Crippen LogP contribution in [0.15, 0.2) is 30.3 Å². The first-order valence-electron chi connectivity index (χ1n) is 9.82. The molecular weight excluding hydrogens is 358 g/mol. The number of carbonyl (C=O) groups excluding carboxylic acids is 1. The first-order valence-corrected chi connectivity index (χ1v) is 9.82. The Kier molecular flexibility index (Phi) is 5.43. The first-order chi connectivity index (χ1) is 13.6. The van der Waals surface area contributed by atoms with Crippen LogP contribution in [0.1, 0.15) is 29.3 Å². The molecule has 1 aromatic carbocycles. The number of benzene rings is 1. The van der Waals surface area contributed by atoms with Gasteiger partial charge in [-0.1, -0.05) is 18.2 Å². The standard InChI is InChI=1S/C20H27N5O3/c1-14-21-19(22-25(14)15-6-4-3-5-7-15)20(27)23(2)16-8-9-17(18(16)26)24-10-12-28-13-11-24/h3-7,16-18,26H,8-13H2,1-2H3/t16-,17-,18-/m1/s1. The Morgan fingerprint density at radius 3 is 2.64 bits per heavy atom. The Morgan fingerprint density at radius 2 is 1.93 bits per heavy atom. The molecular formula is C20H27N5O3. The van der Waals surface area contributed by atoms with E-state index in [1.54, 1.807) is 16.6 Å². The number of nitrogens with zero attached hydrogens (tertiary/aromatic N) is 5. The van der Waals surface area contributed by atoms with E-state index < -0.39 is 6.10 Å². The second-order valence-electron chi connectivity index (χ2n) is 7.50. The van der Waals surface area contributed by atoms with Gasteiger partial charge in [0, 0.05) is 26.2 Å². The number of rotatable bonds is 4. The maximum Gasteiger partial charge on any atom is 0.293 e. The molecule has 8 nitrogen and oxygen atoms in total. The van der Waals surface area contributed by atoms with Gasteiger partial charge in [-0.05, 0) is 31.9 Å². The summed E-state index contributed by atoms with van der Waals surface area (Å²) in [6.07, 6.45) is 1.06. The number of carbonyl (C=O) groups is 1. The van der Waals surface area contributed by atoms with Crippen LogP contribution < -0.4 is 0 Å². The predicted molar refractivity (Wildman–Crippen MR) is 103 cm³/mol. The quantitative estimate of drug-likeness (QED) is 0.841. The third-order valence-electron chi connectivity index (χ3n) is 5.84. The number of para-hydroxylation sites is 1. The second-order valence-corrected chi connectivity index (χ2v) is 7.50. The predicted octanol–water partition coefficient (Wildman–Crippen LogP) is 0.872. The highest BCUT2D eigenvalue weighted by atomic mass is 16.5. The number of amides is 1. The van der Waals surface area contributed by atoms with E-state index in [0.29, 0.717) is 19.0 Å². The number of aliphatic hydroxyl groups excluding tert-OH is 1. The van der Waals surface area contributed by atoms with Crippen molar-refractivity contribution in [2.24, 2.45) is 0 Å². The van der Waals surface area contributed by atoms with Gasteiger partial charge in [-0.3, -0.25) is 9.69 Å². The van der Waals surface area contributed by atoms with Gasteiger partial charge >= 0.3 is 0 Å². The summed E-state index contributed by atoms with van der Waals surface area (Å²) in [6.45, 7) is 4.88. The van der Waals surface area contributed by atoms with E-state index >= 15 is 0 Å². The summed E-state index contributed by atoms with van der Waals surface area (Å²) in [5.41, 5.74) is 0.863. The van der Waals surface area contributed by atoms with E-state index in [-0.39, 0.29) is 23.8 Å². The molecule has 2 aromatic rings. The van der Waals surface area contributed by atoms with E-state index in [2.05, 4.69) is 15.0 Å². The number of hydrogen-bond donors (Lipinski definition) is 1. The molecule has 2 fully saturated rings. The van der Waals surface area contributed by atoms with Crippen molar-refractivity contribution in [1.82, 2.24) is 24.6 Å². The number of aryl methyl sites for hydroxylation is 1. The van der Waals surface area contributed by atoms with Gasteiger partial charge in [0.2, 0.25) is 5.82 Å². The summed E-state index contributed by atoms with van der Waals surface area (Å²) in [5.74, 6) is 0.552. The van der Waals surface area contributed by atoms with Crippen molar-refractivity contribution < 1.29 is 14.6 Å². The van der Waals surface area contributed by atoms with Crippen LogP contribution in [-0.2, 0) is 4.74 Å². The van der Waals surface area contributed by atoms with E-state index in [0.717, 1.165) is 31.6 Å². The average molecular weight is 385 g/mol. The van der Waals surface area contributed by atoms with Crippen LogP contribution in [0.3, 0.4) is 0 Å². The van der Waals surface area contributed by atoms with Crippen molar-refractivity contribution in [3.63, 3.8) is 0 Å². The second kappa shape index (κ2) is 7.98. The van der Waals surface area contributed by atoms with Crippen LogP contribution in [0.5, 0.6) is 0 Å². The van der Waals surface area contributed by atoms with Crippen molar-refractivity contribution >= 4 is 5.91 Å². The maximum atomic E-state index is 13.0. The molecule has 1 saturated heterocycles. The number of likely N-dealkylation sites (N-methyl/N-ethyl adjacent to an activating group) is 1. The molecule has 1 aliphatic carbocycles. The lowest BCUT2D eigenvalue weighted by Gasteiger charge is -2.35. The minimum atomic E-state index is -0.579. The third-order valence-corrected chi connectivity index (χ3v) is 5.84. The molecule has 1 amide bonds. The Hall–Kier alpha value is -2.29. The zero-order valence-electron chi connectivity index (χ0n) is 16.4.